The molecule has 1 saturated heterocycles. The van der Waals surface area contributed by atoms with Gasteiger partial charge in [-0.3, -0.25) is 9.69 Å². The number of furan rings is 1. The third kappa shape index (κ3) is 3.85. The van der Waals surface area contributed by atoms with Crippen LogP contribution in [0.25, 0.3) is 0 Å². The summed E-state index contributed by atoms with van der Waals surface area (Å²) in [5, 5.41) is 0. The smallest absolute Gasteiger partial charge is 0.239 e. The van der Waals surface area contributed by atoms with Crippen molar-refractivity contribution in [3.05, 3.63) is 24.2 Å². The topological polar surface area (TPSA) is 70.8 Å². The van der Waals surface area contributed by atoms with Gasteiger partial charge in [-0.2, -0.15) is 0 Å². The monoisotopic (exact) mass is 314 g/mol. The highest BCUT2D eigenvalue weighted by Gasteiger charge is 2.34. The predicted octanol–water partition coefficient (Wildman–Crippen LogP) is 0.745. The van der Waals surface area contributed by atoms with Crippen molar-refractivity contribution in [2.24, 2.45) is 0 Å². The molecule has 1 aromatic rings. The normalized spacial score (nSPS) is 22.4. The summed E-state index contributed by atoms with van der Waals surface area (Å²) < 4.78 is 28.3. The molecule has 0 radical (unpaired) electrons. The minimum absolute atomic E-state index is 0.0637. The first kappa shape index (κ1) is 16.0. The maximum atomic E-state index is 12.5. The lowest BCUT2D eigenvalue weighted by molar-refractivity contribution is -0.136. The van der Waals surface area contributed by atoms with Crippen LogP contribution in [0.15, 0.2) is 22.8 Å². The number of amides is 1. The maximum absolute atomic E-state index is 12.5. The van der Waals surface area contributed by atoms with E-state index in [9.17, 15) is 13.2 Å². The Balaban J connectivity index is 1.95. The van der Waals surface area contributed by atoms with Crippen LogP contribution in [0.1, 0.15) is 19.1 Å². The van der Waals surface area contributed by atoms with Crippen LogP contribution >= 0.6 is 0 Å². The number of hydrogen-bond acceptors (Lipinski definition) is 5. The Hall–Kier alpha value is -1.34. The molecule has 1 aliphatic rings. The Kier molecular flexibility index (Phi) is 4.73. The van der Waals surface area contributed by atoms with Crippen molar-refractivity contribution in [2.45, 2.75) is 32.0 Å². The van der Waals surface area contributed by atoms with E-state index in [1.807, 2.05) is 31.0 Å². The van der Waals surface area contributed by atoms with E-state index in [2.05, 4.69) is 0 Å². The molecule has 1 aromatic heterocycles. The highest BCUT2D eigenvalue weighted by molar-refractivity contribution is 7.91. The zero-order valence-corrected chi connectivity index (χ0v) is 13.5. The quantitative estimate of drug-likeness (QED) is 0.802. The fourth-order valence-electron chi connectivity index (χ4n) is 2.53. The lowest BCUT2D eigenvalue weighted by Gasteiger charge is -2.30. The van der Waals surface area contributed by atoms with Gasteiger partial charge in [-0.05, 0) is 32.5 Å². The first-order valence-electron chi connectivity index (χ1n) is 7.00. The van der Waals surface area contributed by atoms with Crippen molar-refractivity contribution in [1.82, 2.24) is 9.80 Å². The van der Waals surface area contributed by atoms with Crippen molar-refractivity contribution in [3.63, 3.8) is 0 Å². The lowest BCUT2D eigenvalue weighted by atomic mass is 10.2. The van der Waals surface area contributed by atoms with Crippen molar-refractivity contribution < 1.29 is 17.6 Å². The van der Waals surface area contributed by atoms with Crippen LogP contribution < -0.4 is 0 Å². The van der Waals surface area contributed by atoms with Gasteiger partial charge in [-0.25, -0.2) is 8.42 Å². The molecule has 0 N–H and O–H groups in total. The van der Waals surface area contributed by atoms with Gasteiger partial charge in [-0.1, -0.05) is 0 Å². The first-order valence-corrected chi connectivity index (χ1v) is 8.82. The van der Waals surface area contributed by atoms with E-state index < -0.39 is 9.84 Å². The zero-order chi connectivity index (χ0) is 15.6. The van der Waals surface area contributed by atoms with Crippen molar-refractivity contribution in [3.8, 4) is 0 Å². The highest BCUT2D eigenvalue weighted by Crippen LogP contribution is 2.18. The summed E-state index contributed by atoms with van der Waals surface area (Å²) in [6, 6.07) is 3.14. The fourth-order valence-corrected chi connectivity index (χ4v) is 4.30. The molecule has 21 heavy (non-hydrogen) atoms. The zero-order valence-electron chi connectivity index (χ0n) is 12.7. The number of sulfone groups is 1. The second kappa shape index (κ2) is 6.19. The Labute approximate surface area is 125 Å². The van der Waals surface area contributed by atoms with Gasteiger partial charge >= 0.3 is 0 Å². The minimum Gasteiger partial charge on any atom is -0.468 e. The molecule has 0 bridgehead atoms. The number of carbonyl (C=O) groups excluding carboxylic acids is 1. The molecule has 1 aliphatic heterocycles. The SMILES string of the molecule is C[C@H](C(=O)N(C)[C@H]1CCS(=O)(=O)C1)N(C)Cc1ccco1. The summed E-state index contributed by atoms with van der Waals surface area (Å²) in [5.74, 6) is 0.977. The first-order chi connectivity index (χ1) is 9.80. The largest absolute Gasteiger partial charge is 0.468 e. The maximum Gasteiger partial charge on any atom is 0.239 e. The van der Waals surface area contributed by atoms with Crippen LogP contribution in [0.3, 0.4) is 0 Å². The van der Waals surface area contributed by atoms with Crippen LogP contribution in [0.5, 0.6) is 0 Å². The second-order valence-electron chi connectivity index (χ2n) is 5.68. The molecule has 0 unspecified atom stereocenters. The molecule has 0 saturated carbocycles. The minimum atomic E-state index is -2.98. The van der Waals surface area contributed by atoms with E-state index in [1.165, 1.54) is 0 Å². The third-order valence-corrected chi connectivity index (χ3v) is 5.86. The summed E-state index contributed by atoms with van der Waals surface area (Å²) in [6.07, 6.45) is 2.13. The van der Waals surface area contributed by atoms with Crippen LogP contribution in [-0.2, 0) is 21.2 Å². The number of nitrogens with zero attached hydrogens (tertiary/aromatic N) is 2. The lowest BCUT2D eigenvalue weighted by Crippen LogP contribution is -2.48. The van der Waals surface area contributed by atoms with E-state index >= 15 is 0 Å². The van der Waals surface area contributed by atoms with E-state index in [4.69, 9.17) is 4.42 Å². The van der Waals surface area contributed by atoms with E-state index in [1.54, 1.807) is 18.2 Å². The van der Waals surface area contributed by atoms with Crippen LogP contribution in [0.2, 0.25) is 0 Å². The standard InChI is InChI=1S/C14H22N2O4S/c1-11(15(2)9-13-5-4-7-20-13)14(17)16(3)12-6-8-21(18,19)10-12/h4-5,7,11-12H,6,8-10H2,1-3H3/t11-,12+/m1/s1. The molecule has 1 amide bonds. The molecule has 1 fully saturated rings. The van der Waals surface area contributed by atoms with Gasteiger partial charge in [0.1, 0.15) is 5.76 Å². The number of likely N-dealkylation sites (N-methyl/N-ethyl adjacent to an activating group) is 2. The fraction of sp³-hybridized carbons (Fsp3) is 0.643. The van der Waals surface area contributed by atoms with Crippen LogP contribution in [0, 0.1) is 0 Å². The molecule has 6 nitrogen and oxygen atoms in total. The number of rotatable bonds is 5. The predicted molar refractivity (Wildman–Crippen MR) is 79.5 cm³/mol. The molecule has 0 aliphatic carbocycles. The Morgan fingerprint density at radius 3 is 2.71 bits per heavy atom. The molecule has 2 rings (SSSR count). The molecular formula is C14H22N2O4S. The number of hydrogen-bond donors (Lipinski definition) is 0. The molecular weight excluding hydrogens is 292 g/mol. The van der Waals surface area contributed by atoms with Gasteiger partial charge in [0, 0.05) is 13.1 Å². The van der Waals surface area contributed by atoms with E-state index in [0.717, 1.165) is 5.76 Å². The van der Waals surface area contributed by atoms with Crippen molar-refractivity contribution in [2.75, 3.05) is 25.6 Å². The molecule has 2 heterocycles. The van der Waals surface area contributed by atoms with Gasteiger partial charge in [-0.15, -0.1) is 0 Å². The molecule has 2 atom stereocenters. The van der Waals surface area contributed by atoms with Gasteiger partial charge in [0.2, 0.25) is 5.91 Å². The van der Waals surface area contributed by atoms with Crippen LogP contribution in [0.4, 0.5) is 0 Å². The summed E-state index contributed by atoms with van der Waals surface area (Å²) in [6.45, 7) is 2.36. The average molecular weight is 314 g/mol. The molecule has 0 spiro atoms. The Morgan fingerprint density at radius 1 is 1.48 bits per heavy atom. The number of carbonyl (C=O) groups is 1. The van der Waals surface area contributed by atoms with Gasteiger partial charge in [0.05, 0.1) is 30.4 Å². The third-order valence-electron chi connectivity index (χ3n) is 4.11. The van der Waals surface area contributed by atoms with E-state index in [-0.39, 0.29) is 29.5 Å². The summed E-state index contributed by atoms with van der Waals surface area (Å²) in [7, 11) is 0.554. The molecule has 118 valence electrons. The highest BCUT2D eigenvalue weighted by atomic mass is 32.2. The second-order valence-corrected chi connectivity index (χ2v) is 7.91. The van der Waals surface area contributed by atoms with Crippen molar-refractivity contribution in [1.29, 1.82) is 0 Å². The van der Waals surface area contributed by atoms with Crippen LogP contribution in [-0.4, -0.2) is 61.8 Å². The average Bonchev–Trinajstić information content (AvgIpc) is 3.05. The van der Waals surface area contributed by atoms with Crippen molar-refractivity contribution >= 4 is 15.7 Å². The molecule has 0 aromatic carbocycles. The summed E-state index contributed by atoms with van der Waals surface area (Å²) in [4.78, 5) is 15.9. The molecule has 7 heteroatoms. The van der Waals surface area contributed by atoms with Gasteiger partial charge in [0.15, 0.2) is 9.84 Å². The summed E-state index contributed by atoms with van der Waals surface area (Å²) in [5.41, 5.74) is 0. The van der Waals surface area contributed by atoms with E-state index in [0.29, 0.717) is 13.0 Å². The van der Waals surface area contributed by atoms with Gasteiger partial charge in [0.25, 0.3) is 0 Å². The van der Waals surface area contributed by atoms with Gasteiger partial charge < -0.3 is 9.32 Å². The Morgan fingerprint density at radius 2 is 2.19 bits per heavy atom. The Bertz CT molecular complexity index is 582. The summed E-state index contributed by atoms with van der Waals surface area (Å²) >= 11 is 0.